The number of hydrogen-bond donors (Lipinski definition) is 1. The van der Waals surface area contributed by atoms with Gasteiger partial charge in [-0.2, -0.15) is 0 Å². The van der Waals surface area contributed by atoms with Crippen molar-refractivity contribution in [1.82, 2.24) is 9.80 Å². The SMILES string of the molecule is CN1CCN(C(=O)C2CCC(N(c3sc(-c4ccccc4)cc3OC(=O)O)C(=O)[C@H]3CC[C@H](C)CC3)CC2)CC1. The number of amides is 2. The lowest BCUT2D eigenvalue weighted by atomic mass is 9.80. The third-order valence-corrected chi connectivity index (χ3v) is 10.1. The van der Waals surface area contributed by atoms with Gasteiger partial charge in [-0.15, -0.1) is 11.3 Å². The highest BCUT2D eigenvalue weighted by molar-refractivity contribution is 7.20. The molecule has 9 heteroatoms. The summed E-state index contributed by atoms with van der Waals surface area (Å²) >= 11 is 1.42. The van der Waals surface area contributed by atoms with Gasteiger partial charge >= 0.3 is 6.16 Å². The zero-order chi connectivity index (χ0) is 28.2. The summed E-state index contributed by atoms with van der Waals surface area (Å²) in [5.74, 6) is 1.03. The summed E-state index contributed by atoms with van der Waals surface area (Å²) in [5.41, 5.74) is 0.953. The third kappa shape index (κ3) is 6.52. The molecule has 3 aliphatic rings. The van der Waals surface area contributed by atoms with E-state index in [0.717, 1.165) is 75.1 Å². The molecule has 1 N–H and O–H groups in total. The van der Waals surface area contributed by atoms with Gasteiger partial charge in [-0.25, -0.2) is 4.79 Å². The Labute approximate surface area is 240 Å². The van der Waals surface area contributed by atoms with Crippen LogP contribution < -0.4 is 9.64 Å². The lowest BCUT2D eigenvalue weighted by Crippen LogP contribution is -2.51. The molecular weight excluding hydrogens is 526 g/mol. The highest BCUT2D eigenvalue weighted by atomic mass is 32.1. The van der Waals surface area contributed by atoms with Gasteiger partial charge in [-0.05, 0) is 69.9 Å². The largest absolute Gasteiger partial charge is 0.511 e. The lowest BCUT2D eigenvalue weighted by molar-refractivity contribution is -0.138. The number of nitrogens with zero attached hydrogens (tertiary/aromatic N) is 3. The first-order valence-corrected chi connectivity index (χ1v) is 15.5. The van der Waals surface area contributed by atoms with E-state index in [-0.39, 0.29) is 35.4 Å². The molecule has 2 amide bonds. The summed E-state index contributed by atoms with van der Waals surface area (Å²) in [6.45, 7) is 5.58. The number of thiophene rings is 1. The van der Waals surface area contributed by atoms with Crippen LogP contribution >= 0.6 is 11.3 Å². The summed E-state index contributed by atoms with van der Waals surface area (Å²) in [5, 5.41) is 10.1. The zero-order valence-corrected chi connectivity index (χ0v) is 24.4. The average molecular weight is 568 g/mol. The molecule has 216 valence electrons. The number of rotatable bonds is 6. The number of anilines is 1. The number of likely N-dealkylation sites (N-methyl/N-ethyl adjacent to an activating group) is 1. The van der Waals surface area contributed by atoms with E-state index < -0.39 is 6.16 Å². The van der Waals surface area contributed by atoms with Gasteiger partial charge in [0, 0.05) is 55.0 Å². The molecule has 1 aromatic carbocycles. The molecule has 3 fully saturated rings. The maximum Gasteiger partial charge on any atom is 0.511 e. The number of ether oxygens (including phenoxy) is 1. The van der Waals surface area contributed by atoms with E-state index in [9.17, 15) is 19.5 Å². The molecule has 0 atom stereocenters. The van der Waals surface area contributed by atoms with Crippen LogP contribution in [0.4, 0.5) is 9.80 Å². The number of piperazine rings is 1. The summed E-state index contributed by atoms with van der Waals surface area (Å²) in [6, 6.07) is 11.4. The molecule has 0 radical (unpaired) electrons. The maximum atomic E-state index is 14.2. The van der Waals surface area contributed by atoms with Crippen molar-refractivity contribution in [2.24, 2.45) is 17.8 Å². The molecular formula is C31H41N3O5S. The molecule has 1 aromatic heterocycles. The number of carbonyl (C=O) groups excluding carboxylic acids is 2. The van der Waals surface area contributed by atoms with Crippen LogP contribution in [0.25, 0.3) is 10.4 Å². The number of benzene rings is 1. The molecule has 2 saturated carbocycles. The van der Waals surface area contributed by atoms with Crippen molar-refractivity contribution in [1.29, 1.82) is 0 Å². The lowest BCUT2D eigenvalue weighted by Gasteiger charge is -2.40. The van der Waals surface area contributed by atoms with Crippen LogP contribution in [0.3, 0.4) is 0 Å². The number of hydrogen-bond acceptors (Lipinski definition) is 6. The molecule has 0 unspecified atom stereocenters. The van der Waals surface area contributed by atoms with Crippen LogP contribution in [0.1, 0.15) is 58.3 Å². The second-order valence-corrected chi connectivity index (χ2v) is 12.8. The second kappa shape index (κ2) is 12.7. The Morgan fingerprint density at radius 2 is 1.52 bits per heavy atom. The first-order valence-electron chi connectivity index (χ1n) is 14.7. The fraction of sp³-hybridized carbons (Fsp3) is 0.581. The van der Waals surface area contributed by atoms with E-state index >= 15 is 0 Å². The van der Waals surface area contributed by atoms with Gasteiger partial charge in [0.05, 0.1) is 0 Å². The van der Waals surface area contributed by atoms with E-state index in [2.05, 4.69) is 18.9 Å². The molecule has 1 aliphatic heterocycles. The smallest absolute Gasteiger partial charge is 0.449 e. The fourth-order valence-electron chi connectivity index (χ4n) is 6.46. The standard InChI is InChI=1S/C31H41N3O5S/c1-21-8-10-24(11-9-21)29(36)34(25-14-12-23(13-15-25)28(35)33-18-16-32(2)17-19-33)30-26(39-31(37)38)20-27(40-30)22-6-4-3-5-7-22/h3-7,20-21,23-25H,8-19H2,1-2H3,(H,37,38)/t21-,23?,24-,25?. The van der Waals surface area contributed by atoms with Crippen LogP contribution in [0.5, 0.6) is 5.75 Å². The first-order chi connectivity index (χ1) is 19.3. The van der Waals surface area contributed by atoms with Gasteiger partial charge in [-0.3, -0.25) is 14.5 Å². The highest BCUT2D eigenvalue weighted by Gasteiger charge is 2.39. The minimum atomic E-state index is -1.39. The number of carboxylic acid groups (broad SMARTS) is 1. The summed E-state index contributed by atoms with van der Waals surface area (Å²) in [4.78, 5) is 46.2. The predicted molar refractivity (Wildman–Crippen MR) is 157 cm³/mol. The van der Waals surface area contributed by atoms with Gasteiger partial charge in [0.25, 0.3) is 0 Å². The van der Waals surface area contributed by atoms with Crippen LogP contribution in [0.2, 0.25) is 0 Å². The molecule has 5 rings (SSSR count). The van der Waals surface area contributed by atoms with Gasteiger partial charge in [-0.1, -0.05) is 37.3 Å². The van der Waals surface area contributed by atoms with Crippen LogP contribution in [0.15, 0.2) is 36.4 Å². The van der Waals surface area contributed by atoms with Gasteiger partial charge in [0.1, 0.15) is 5.00 Å². The normalized spacial score (nSPS) is 25.8. The van der Waals surface area contributed by atoms with Crippen molar-refractivity contribution in [2.45, 2.75) is 64.3 Å². The average Bonchev–Trinajstić information content (AvgIpc) is 3.37. The van der Waals surface area contributed by atoms with Gasteiger partial charge in [0.15, 0.2) is 5.75 Å². The molecule has 2 heterocycles. The maximum absolute atomic E-state index is 14.2. The topological polar surface area (TPSA) is 90.4 Å². The molecule has 40 heavy (non-hydrogen) atoms. The molecule has 2 aromatic rings. The van der Waals surface area contributed by atoms with Crippen LogP contribution in [-0.2, 0) is 9.59 Å². The van der Waals surface area contributed by atoms with Crippen molar-refractivity contribution in [3.05, 3.63) is 36.4 Å². The Kier molecular flexibility index (Phi) is 9.10. The van der Waals surface area contributed by atoms with E-state index in [1.807, 2.05) is 40.1 Å². The van der Waals surface area contributed by atoms with Gasteiger partial charge < -0.3 is 19.6 Å². The van der Waals surface area contributed by atoms with E-state index in [4.69, 9.17) is 4.74 Å². The quantitative estimate of drug-likeness (QED) is 0.433. The first kappa shape index (κ1) is 28.6. The monoisotopic (exact) mass is 567 g/mol. The third-order valence-electron chi connectivity index (χ3n) is 8.98. The van der Waals surface area contributed by atoms with Crippen molar-refractivity contribution < 1.29 is 24.2 Å². The summed E-state index contributed by atoms with van der Waals surface area (Å²) in [6.07, 6.45) is 5.23. The Morgan fingerprint density at radius 3 is 2.15 bits per heavy atom. The highest BCUT2D eigenvalue weighted by Crippen LogP contribution is 2.47. The number of carbonyl (C=O) groups is 3. The van der Waals surface area contributed by atoms with Crippen molar-refractivity contribution in [3.63, 3.8) is 0 Å². The molecule has 1 saturated heterocycles. The van der Waals surface area contributed by atoms with Crippen LogP contribution in [-0.4, -0.2) is 72.1 Å². The minimum absolute atomic E-state index is 0.0231. The predicted octanol–water partition coefficient (Wildman–Crippen LogP) is 5.96. The summed E-state index contributed by atoms with van der Waals surface area (Å²) < 4.78 is 5.29. The fourth-order valence-corrected chi connectivity index (χ4v) is 7.63. The Bertz CT molecular complexity index is 1180. The molecule has 0 spiro atoms. The Hall–Kier alpha value is -2.91. The summed E-state index contributed by atoms with van der Waals surface area (Å²) in [7, 11) is 2.09. The molecule has 0 bridgehead atoms. The Balaban J connectivity index is 1.41. The van der Waals surface area contributed by atoms with Gasteiger partial charge in [0.2, 0.25) is 11.8 Å². The van der Waals surface area contributed by atoms with E-state index in [1.165, 1.54) is 11.3 Å². The molecule has 2 aliphatic carbocycles. The second-order valence-electron chi connectivity index (χ2n) is 11.8. The molecule has 8 nitrogen and oxygen atoms in total. The van der Waals surface area contributed by atoms with Crippen LogP contribution in [0, 0.1) is 17.8 Å². The Morgan fingerprint density at radius 1 is 0.900 bits per heavy atom. The van der Waals surface area contributed by atoms with E-state index in [1.54, 1.807) is 6.07 Å². The zero-order valence-electron chi connectivity index (χ0n) is 23.6. The van der Waals surface area contributed by atoms with Crippen molar-refractivity contribution in [3.8, 4) is 16.2 Å². The minimum Gasteiger partial charge on any atom is -0.449 e. The van der Waals surface area contributed by atoms with Crippen molar-refractivity contribution >= 4 is 34.3 Å². The van der Waals surface area contributed by atoms with Crippen molar-refractivity contribution in [2.75, 3.05) is 38.1 Å². The van der Waals surface area contributed by atoms with E-state index in [0.29, 0.717) is 23.8 Å².